The highest BCUT2D eigenvalue weighted by Gasteiger charge is 2.23. The maximum Gasteiger partial charge on any atom is 0.244 e. The molecule has 27 heavy (non-hydrogen) atoms. The third-order valence-corrected chi connectivity index (χ3v) is 4.60. The van der Waals surface area contributed by atoms with E-state index in [1.54, 1.807) is 0 Å². The molecule has 156 valence electrons. The van der Waals surface area contributed by atoms with Gasteiger partial charge in [-0.25, -0.2) is 4.68 Å². The molecule has 1 atom stereocenters. The number of rotatable bonds is 6. The number of hydrogen-bond donors (Lipinski definition) is 3. The lowest BCUT2D eigenvalue weighted by molar-refractivity contribution is -0.125. The van der Waals surface area contributed by atoms with Gasteiger partial charge in [0.1, 0.15) is 5.82 Å². The lowest BCUT2D eigenvalue weighted by Crippen LogP contribution is -2.46. The molecule has 1 aliphatic heterocycles. The second-order valence-corrected chi connectivity index (χ2v) is 7.19. The summed E-state index contributed by atoms with van der Waals surface area (Å²) in [4.78, 5) is 26.3. The molecule has 1 aromatic heterocycles. The van der Waals surface area contributed by atoms with E-state index < -0.39 is 6.04 Å². The average molecular weight is 423 g/mol. The van der Waals surface area contributed by atoms with E-state index in [9.17, 15) is 9.59 Å². The number of nitrogens with two attached hydrogens (primary N) is 1. The summed E-state index contributed by atoms with van der Waals surface area (Å²) in [5, 5.41) is 9.97. The first-order valence-electron chi connectivity index (χ1n) is 8.85. The molecule has 1 aromatic rings. The number of piperidine rings is 1. The molecule has 8 nitrogen and oxygen atoms in total. The largest absolute Gasteiger partial charge is 0.346 e. The molecule has 0 aliphatic carbocycles. The molecule has 2 heterocycles. The molecule has 0 radical (unpaired) electrons. The van der Waals surface area contributed by atoms with Crippen LogP contribution < -0.4 is 16.4 Å². The van der Waals surface area contributed by atoms with Crippen LogP contribution in [-0.2, 0) is 9.59 Å². The Morgan fingerprint density at radius 2 is 1.89 bits per heavy atom. The van der Waals surface area contributed by atoms with E-state index in [-0.39, 0.29) is 55.1 Å². The van der Waals surface area contributed by atoms with Gasteiger partial charge < -0.3 is 21.3 Å². The van der Waals surface area contributed by atoms with Crippen molar-refractivity contribution in [3.05, 3.63) is 11.8 Å². The van der Waals surface area contributed by atoms with E-state index in [0.717, 1.165) is 31.6 Å². The second kappa shape index (κ2) is 11.5. The van der Waals surface area contributed by atoms with Gasteiger partial charge in [-0.15, -0.1) is 24.8 Å². The molecule has 2 amide bonds. The van der Waals surface area contributed by atoms with Gasteiger partial charge in [-0.1, -0.05) is 13.8 Å². The minimum atomic E-state index is -0.611. The first kappa shape index (κ1) is 25.6. The number of likely N-dealkylation sites (tertiary alicyclic amines) is 1. The number of aromatic nitrogens is 2. The molecule has 1 saturated heterocycles. The summed E-state index contributed by atoms with van der Waals surface area (Å²) < 4.78 is 1.90. The molecule has 2 rings (SSSR count). The van der Waals surface area contributed by atoms with Crippen molar-refractivity contribution in [2.75, 3.05) is 32.0 Å². The Kier molecular flexibility index (Phi) is 10.9. The van der Waals surface area contributed by atoms with E-state index in [4.69, 9.17) is 5.73 Å². The molecular weight excluding hydrogens is 391 g/mol. The van der Waals surface area contributed by atoms with E-state index in [1.165, 1.54) is 0 Å². The summed E-state index contributed by atoms with van der Waals surface area (Å²) in [6.07, 6.45) is 2.00. The van der Waals surface area contributed by atoms with Gasteiger partial charge in [-0.2, -0.15) is 5.10 Å². The normalized spacial score (nSPS) is 16.2. The van der Waals surface area contributed by atoms with Crippen LogP contribution in [0.25, 0.3) is 0 Å². The van der Waals surface area contributed by atoms with Crippen LogP contribution in [0.1, 0.15) is 38.4 Å². The highest BCUT2D eigenvalue weighted by Crippen LogP contribution is 2.25. The first-order valence-corrected chi connectivity index (χ1v) is 8.85. The highest BCUT2D eigenvalue weighted by molar-refractivity contribution is 5.94. The maximum absolute atomic E-state index is 12.2. The molecule has 0 saturated carbocycles. The maximum atomic E-state index is 12.2. The van der Waals surface area contributed by atoms with Crippen molar-refractivity contribution in [3.63, 3.8) is 0 Å². The lowest BCUT2D eigenvalue weighted by Gasteiger charge is -2.30. The van der Waals surface area contributed by atoms with Gasteiger partial charge in [-0.3, -0.25) is 9.59 Å². The van der Waals surface area contributed by atoms with Crippen LogP contribution >= 0.6 is 24.8 Å². The van der Waals surface area contributed by atoms with Crippen LogP contribution in [0.5, 0.6) is 0 Å². The number of aryl methyl sites for hydroxylation is 1. The summed E-state index contributed by atoms with van der Waals surface area (Å²) in [5.41, 5.74) is 6.63. The SMILES string of the molecule is Cc1cc(NC(=O)CNC(=O)[C@@H](N)C(C)C)n(C2CCN(C)CC2)n1.Cl.Cl. The van der Waals surface area contributed by atoms with Crippen molar-refractivity contribution in [1.29, 1.82) is 0 Å². The monoisotopic (exact) mass is 422 g/mol. The van der Waals surface area contributed by atoms with Crippen molar-refractivity contribution in [2.24, 2.45) is 11.7 Å². The molecule has 1 fully saturated rings. The van der Waals surface area contributed by atoms with Gasteiger partial charge in [0.25, 0.3) is 0 Å². The number of anilines is 1. The molecule has 0 aromatic carbocycles. The number of carbonyl (C=O) groups is 2. The molecule has 0 spiro atoms. The fraction of sp³-hybridized carbons (Fsp3) is 0.706. The van der Waals surface area contributed by atoms with E-state index >= 15 is 0 Å². The summed E-state index contributed by atoms with van der Waals surface area (Å²) in [5.74, 6) is 0.111. The fourth-order valence-electron chi connectivity index (χ4n) is 2.90. The summed E-state index contributed by atoms with van der Waals surface area (Å²) in [7, 11) is 2.11. The van der Waals surface area contributed by atoms with Crippen LogP contribution in [0.2, 0.25) is 0 Å². The third-order valence-electron chi connectivity index (χ3n) is 4.60. The van der Waals surface area contributed by atoms with Crippen LogP contribution in [0.4, 0.5) is 5.82 Å². The van der Waals surface area contributed by atoms with Crippen LogP contribution in [0.15, 0.2) is 6.07 Å². The van der Waals surface area contributed by atoms with E-state index in [1.807, 2.05) is 31.5 Å². The number of nitrogens with zero attached hydrogens (tertiary/aromatic N) is 3. The van der Waals surface area contributed by atoms with Crippen molar-refractivity contribution in [1.82, 2.24) is 20.0 Å². The predicted octanol–water partition coefficient (Wildman–Crippen LogP) is 1.34. The van der Waals surface area contributed by atoms with Gasteiger partial charge in [0.2, 0.25) is 11.8 Å². The Bertz CT molecular complexity index is 615. The van der Waals surface area contributed by atoms with Crippen molar-refractivity contribution in [3.8, 4) is 0 Å². The fourth-order valence-corrected chi connectivity index (χ4v) is 2.90. The standard InChI is InChI=1S/C17H30N6O2.2ClH/c1-11(2)16(18)17(25)19-10-15(24)20-14-9-12(3)21-23(14)13-5-7-22(4)8-6-13;;/h9,11,13,16H,5-8,10,18H2,1-4H3,(H,19,25)(H,20,24);2*1H/t16-;;/m0../s1. The van der Waals surface area contributed by atoms with Gasteiger partial charge in [0.05, 0.1) is 24.3 Å². The first-order chi connectivity index (χ1) is 11.8. The molecule has 0 bridgehead atoms. The molecule has 1 aliphatic rings. The Hall–Kier alpha value is -1.35. The molecule has 10 heteroatoms. The summed E-state index contributed by atoms with van der Waals surface area (Å²) >= 11 is 0. The summed E-state index contributed by atoms with van der Waals surface area (Å²) in [6, 6.07) is 1.53. The third kappa shape index (κ3) is 7.29. The predicted molar refractivity (Wildman–Crippen MR) is 112 cm³/mol. The average Bonchev–Trinajstić information content (AvgIpc) is 2.92. The zero-order valence-corrected chi connectivity index (χ0v) is 18.0. The summed E-state index contributed by atoms with van der Waals surface area (Å²) in [6.45, 7) is 7.57. The van der Waals surface area contributed by atoms with Gasteiger partial charge >= 0.3 is 0 Å². The van der Waals surface area contributed by atoms with Crippen molar-refractivity contribution in [2.45, 2.75) is 45.7 Å². The topological polar surface area (TPSA) is 105 Å². The lowest BCUT2D eigenvalue weighted by atomic mass is 10.1. The number of halogens is 2. The van der Waals surface area contributed by atoms with Crippen molar-refractivity contribution >= 4 is 42.4 Å². The Morgan fingerprint density at radius 1 is 1.30 bits per heavy atom. The van der Waals surface area contributed by atoms with E-state index in [0.29, 0.717) is 5.82 Å². The Morgan fingerprint density at radius 3 is 2.44 bits per heavy atom. The Balaban J connectivity index is 0.00000338. The van der Waals surface area contributed by atoms with E-state index in [2.05, 4.69) is 27.7 Å². The molecule has 0 unspecified atom stereocenters. The zero-order valence-electron chi connectivity index (χ0n) is 16.4. The quantitative estimate of drug-likeness (QED) is 0.641. The van der Waals surface area contributed by atoms with Gasteiger partial charge in [-0.05, 0) is 45.8 Å². The highest BCUT2D eigenvalue weighted by atomic mass is 35.5. The number of hydrogen-bond acceptors (Lipinski definition) is 5. The number of amides is 2. The molecule has 4 N–H and O–H groups in total. The minimum absolute atomic E-state index is 0. The van der Waals surface area contributed by atoms with Crippen LogP contribution in [0, 0.1) is 12.8 Å². The number of nitrogens with one attached hydrogen (secondary N) is 2. The van der Waals surface area contributed by atoms with Gasteiger partial charge in [0, 0.05) is 6.07 Å². The second-order valence-electron chi connectivity index (χ2n) is 7.19. The van der Waals surface area contributed by atoms with Gasteiger partial charge in [0.15, 0.2) is 0 Å². The Labute approximate surface area is 173 Å². The minimum Gasteiger partial charge on any atom is -0.346 e. The zero-order chi connectivity index (χ0) is 18.6. The molecular formula is C17H32Cl2N6O2. The smallest absolute Gasteiger partial charge is 0.244 e. The van der Waals surface area contributed by atoms with Crippen molar-refractivity contribution < 1.29 is 9.59 Å². The van der Waals surface area contributed by atoms with Crippen LogP contribution in [-0.4, -0.2) is 59.2 Å². The van der Waals surface area contributed by atoms with Crippen LogP contribution in [0.3, 0.4) is 0 Å². The number of carbonyl (C=O) groups excluding carboxylic acids is 2.